The van der Waals surface area contributed by atoms with Crippen molar-refractivity contribution in [2.75, 3.05) is 13.1 Å². The van der Waals surface area contributed by atoms with E-state index in [1.165, 1.54) is 70.6 Å². The van der Waals surface area contributed by atoms with E-state index in [0.29, 0.717) is 44.7 Å². The smallest absolute Gasteiger partial charge is 0.326 e. The van der Waals surface area contributed by atoms with E-state index in [4.69, 9.17) is 5.11 Å². The first kappa shape index (κ1) is 40.4. The number of nitrogens with one attached hydrogen (secondary N) is 3. The summed E-state index contributed by atoms with van der Waals surface area (Å²) in [5, 5.41) is 26.4. The number of hydrogen-bond donors (Lipinski definition) is 5. The minimum absolute atomic E-state index is 0.0571. The summed E-state index contributed by atoms with van der Waals surface area (Å²) in [6.07, 6.45) is 23.1. The molecule has 1 aliphatic carbocycles. The van der Waals surface area contributed by atoms with Gasteiger partial charge in [-0.25, -0.2) is 4.79 Å². The molecule has 0 aromatic heterocycles. The highest BCUT2D eigenvalue weighted by atomic mass is 16.4. The molecule has 10 heteroatoms. The molecule has 3 amide bonds. The van der Waals surface area contributed by atoms with Crippen molar-refractivity contribution in [1.82, 2.24) is 16.0 Å². The first-order valence-corrected chi connectivity index (χ1v) is 18.0. The predicted octanol–water partition coefficient (Wildman–Crippen LogP) is 6.50. The molecule has 1 aliphatic rings. The molecule has 1 fully saturated rings. The van der Waals surface area contributed by atoms with Crippen molar-refractivity contribution in [1.29, 1.82) is 0 Å². The number of carboxylic acids is 2. The third-order valence-corrected chi connectivity index (χ3v) is 9.00. The van der Waals surface area contributed by atoms with E-state index in [-0.39, 0.29) is 36.5 Å². The number of carbonyl (C=O) groups excluding carboxylic acids is 3. The number of rotatable bonds is 28. The van der Waals surface area contributed by atoms with Gasteiger partial charge >= 0.3 is 11.9 Å². The number of hydrogen-bond acceptors (Lipinski definition) is 5. The number of carboxylic acid groups (broad SMARTS) is 2. The summed E-state index contributed by atoms with van der Waals surface area (Å²) >= 11 is 0. The SMILES string of the molecule is CCNC(=O)CC[C@H](NC(=O)[C@H]1CC[C@H](CNC(=O)CCCCCCCCCCCCCCCCCCC(=O)O)CC1)C(=O)O. The number of carbonyl (C=O) groups is 5. The molecule has 0 aromatic rings. The molecule has 10 nitrogen and oxygen atoms in total. The van der Waals surface area contributed by atoms with Crippen LogP contribution in [0.5, 0.6) is 0 Å². The van der Waals surface area contributed by atoms with Crippen LogP contribution >= 0.6 is 0 Å². The maximum atomic E-state index is 12.6. The molecule has 0 radical (unpaired) electrons. The molecular weight excluding hydrogens is 574 g/mol. The molecule has 0 bridgehead atoms. The van der Waals surface area contributed by atoms with Gasteiger partial charge in [0.1, 0.15) is 6.04 Å². The lowest BCUT2D eigenvalue weighted by Crippen LogP contribution is -2.45. The molecule has 0 heterocycles. The van der Waals surface area contributed by atoms with Gasteiger partial charge in [0.15, 0.2) is 0 Å². The summed E-state index contributed by atoms with van der Waals surface area (Å²) in [5.74, 6) is -2.08. The van der Waals surface area contributed by atoms with E-state index in [1.54, 1.807) is 6.92 Å². The molecule has 0 aliphatic heterocycles. The van der Waals surface area contributed by atoms with Gasteiger partial charge in [-0.15, -0.1) is 0 Å². The summed E-state index contributed by atoms with van der Waals surface area (Å²) in [5.41, 5.74) is 0. The summed E-state index contributed by atoms with van der Waals surface area (Å²) < 4.78 is 0. The van der Waals surface area contributed by atoms with Crippen molar-refractivity contribution >= 4 is 29.7 Å². The van der Waals surface area contributed by atoms with Crippen LogP contribution in [0.2, 0.25) is 0 Å². The van der Waals surface area contributed by atoms with Crippen molar-refractivity contribution < 1.29 is 34.2 Å². The third-order valence-electron chi connectivity index (χ3n) is 9.00. The van der Waals surface area contributed by atoms with E-state index in [9.17, 15) is 29.1 Å². The zero-order valence-corrected chi connectivity index (χ0v) is 28.1. The maximum Gasteiger partial charge on any atom is 0.326 e. The van der Waals surface area contributed by atoms with Crippen LogP contribution in [0.1, 0.15) is 161 Å². The van der Waals surface area contributed by atoms with Crippen LogP contribution in [0.4, 0.5) is 0 Å². The molecule has 0 unspecified atom stereocenters. The van der Waals surface area contributed by atoms with Gasteiger partial charge in [0.05, 0.1) is 0 Å². The molecule has 1 rings (SSSR count). The molecule has 45 heavy (non-hydrogen) atoms. The Morgan fingerprint density at radius 3 is 1.49 bits per heavy atom. The summed E-state index contributed by atoms with van der Waals surface area (Å²) in [6, 6.07) is -1.07. The summed E-state index contributed by atoms with van der Waals surface area (Å²) in [4.78, 5) is 58.6. The third kappa shape index (κ3) is 22.5. The maximum absolute atomic E-state index is 12.6. The van der Waals surface area contributed by atoms with E-state index < -0.39 is 18.0 Å². The summed E-state index contributed by atoms with van der Waals surface area (Å²) in [6.45, 7) is 2.91. The fourth-order valence-electron chi connectivity index (χ4n) is 6.12. The Morgan fingerprint density at radius 1 is 0.600 bits per heavy atom. The van der Waals surface area contributed by atoms with Gasteiger partial charge in [0.25, 0.3) is 0 Å². The lowest BCUT2D eigenvalue weighted by atomic mass is 9.81. The molecular formula is C35H63N3O7. The minimum atomic E-state index is -1.13. The average Bonchev–Trinajstić information content (AvgIpc) is 3.01. The monoisotopic (exact) mass is 637 g/mol. The zero-order chi connectivity index (χ0) is 33.1. The van der Waals surface area contributed by atoms with Crippen LogP contribution in [-0.4, -0.2) is 59.0 Å². The van der Waals surface area contributed by atoms with Gasteiger partial charge in [-0.1, -0.05) is 89.9 Å². The van der Waals surface area contributed by atoms with E-state index in [0.717, 1.165) is 44.9 Å². The second-order valence-electron chi connectivity index (χ2n) is 13.0. The minimum Gasteiger partial charge on any atom is -0.481 e. The quantitative estimate of drug-likeness (QED) is 0.0612. The number of unbranched alkanes of at least 4 members (excludes halogenated alkanes) is 15. The van der Waals surface area contributed by atoms with Crippen LogP contribution < -0.4 is 16.0 Å². The van der Waals surface area contributed by atoms with Gasteiger partial charge in [0, 0.05) is 38.3 Å². The van der Waals surface area contributed by atoms with Gasteiger partial charge in [-0.2, -0.15) is 0 Å². The van der Waals surface area contributed by atoms with Crippen molar-refractivity contribution in [2.24, 2.45) is 11.8 Å². The Hall–Kier alpha value is -2.65. The molecule has 0 saturated heterocycles. The van der Waals surface area contributed by atoms with Crippen LogP contribution in [-0.2, 0) is 24.0 Å². The van der Waals surface area contributed by atoms with Crippen LogP contribution in [0.25, 0.3) is 0 Å². The Labute approximate surface area is 271 Å². The molecule has 5 N–H and O–H groups in total. The normalized spacial score (nSPS) is 16.9. The largest absolute Gasteiger partial charge is 0.481 e. The second kappa shape index (κ2) is 26.6. The zero-order valence-electron chi connectivity index (χ0n) is 28.1. The van der Waals surface area contributed by atoms with Gasteiger partial charge in [0.2, 0.25) is 17.7 Å². The lowest BCUT2D eigenvalue weighted by Gasteiger charge is -2.28. The second-order valence-corrected chi connectivity index (χ2v) is 13.0. The molecule has 260 valence electrons. The van der Waals surface area contributed by atoms with E-state index in [2.05, 4.69) is 16.0 Å². The van der Waals surface area contributed by atoms with Crippen molar-refractivity contribution in [2.45, 2.75) is 167 Å². The van der Waals surface area contributed by atoms with Crippen LogP contribution in [0.15, 0.2) is 0 Å². The van der Waals surface area contributed by atoms with Crippen molar-refractivity contribution in [3.05, 3.63) is 0 Å². The average molecular weight is 638 g/mol. The first-order valence-electron chi connectivity index (χ1n) is 18.0. The fourth-order valence-corrected chi connectivity index (χ4v) is 6.12. The Balaban J connectivity index is 1.96. The molecule has 0 spiro atoms. The van der Waals surface area contributed by atoms with Gasteiger partial charge in [-0.3, -0.25) is 19.2 Å². The van der Waals surface area contributed by atoms with Crippen LogP contribution in [0, 0.1) is 11.8 Å². The Kier molecular flexibility index (Phi) is 23.8. The number of amides is 3. The summed E-state index contributed by atoms with van der Waals surface area (Å²) in [7, 11) is 0. The first-order chi connectivity index (χ1) is 21.7. The van der Waals surface area contributed by atoms with E-state index in [1.807, 2.05) is 0 Å². The fraction of sp³-hybridized carbons (Fsp3) is 0.857. The Bertz CT molecular complexity index is 843. The van der Waals surface area contributed by atoms with Crippen molar-refractivity contribution in [3.63, 3.8) is 0 Å². The molecule has 1 saturated carbocycles. The standard InChI is InChI=1S/C35H63N3O7/c1-2-36-32(40)26-25-30(35(44)45)38-34(43)29-23-21-28(22-24-29)27-37-31(39)19-17-15-13-11-9-7-5-3-4-6-8-10-12-14-16-18-20-33(41)42/h28-30H,2-27H2,1H3,(H,36,40)(H,37,39)(H,38,43)(H,41,42)(H,44,45)/t28-,29-,30-/m0/s1. The topological polar surface area (TPSA) is 162 Å². The molecule has 1 atom stereocenters. The highest BCUT2D eigenvalue weighted by Gasteiger charge is 2.29. The molecule has 0 aromatic carbocycles. The van der Waals surface area contributed by atoms with Crippen LogP contribution in [0.3, 0.4) is 0 Å². The number of aliphatic carboxylic acids is 2. The highest BCUT2D eigenvalue weighted by molar-refractivity contribution is 5.85. The van der Waals surface area contributed by atoms with E-state index >= 15 is 0 Å². The Morgan fingerprint density at radius 2 is 1.04 bits per heavy atom. The van der Waals surface area contributed by atoms with Crippen molar-refractivity contribution in [3.8, 4) is 0 Å². The lowest BCUT2D eigenvalue weighted by molar-refractivity contribution is -0.143. The van der Waals surface area contributed by atoms with Gasteiger partial charge in [-0.05, 0) is 57.8 Å². The predicted molar refractivity (Wildman–Crippen MR) is 177 cm³/mol. The highest BCUT2D eigenvalue weighted by Crippen LogP contribution is 2.29. The van der Waals surface area contributed by atoms with Gasteiger partial charge < -0.3 is 26.2 Å².